The molecule has 1 aromatic heterocycles. The number of aromatic nitrogens is 1. The number of carbonyl (C=O) groups is 2. The van der Waals surface area contributed by atoms with Crippen molar-refractivity contribution in [2.24, 2.45) is 0 Å². The predicted molar refractivity (Wildman–Crippen MR) is 110 cm³/mol. The maximum atomic E-state index is 13.1. The molecule has 142 valence electrons. The summed E-state index contributed by atoms with van der Waals surface area (Å²) in [6.07, 6.45) is 1.68. The summed E-state index contributed by atoms with van der Waals surface area (Å²) in [7, 11) is 0. The average Bonchev–Trinajstić information content (AvgIpc) is 2.74. The fourth-order valence-corrected chi connectivity index (χ4v) is 3.57. The van der Waals surface area contributed by atoms with Crippen LogP contribution in [0.5, 0.6) is 0 Å². The SMILES string of the molecule is CC(C)(C)c1ccc(N2C(=O)N(Cc3ccnc(Br)c3)C(C)(C)C2=O)cc1. The molecule has 3 rings (SSSR count). The molecule has 1 saturated heterocycles. The Morgan fingerprint density at radius 1 is 1.07 bits per heavy atom. The number of rotatable bonds is 3. The molecular weight excluding hydrogens is 406 g/mol. The zero-order valence-electron chi connectivity index (χ0n) is 16.3. The number of hydrogen-bond acceptors (Lipinski definition) is 3. The van der Waals surface area contributed by atoms with Crippen molar-refractivity contribution in [3.8, 4) is 0 Å². The molecule has 27 heavy (non-hydrogen) atoms. The van der Waals surface area contributed by atoms with Gasteiger partial charge in [0, 0.05) is 12.7 Å². The number of benzene rings is 1. The molecule has 0 atom stereocenters. The van der Waals surface area contributed by atoms with E-state index in [1.807, 2.05) is 36.4 Å². The number of pyridine rings is 1. The lowest BCUT2D eigenvalue weighted by molar-refractivity contribution is -0.123. The van der Waals surface area contributed by atoms with Crippen molar-refractivity contribution >= 4 is 33.6 Å². The third kappa shape index (κ3) is 3.63. The largest absolute Gasteiger partial charge is 0.332 e. The van der Waals surface area contributed by atoms with E-state index in [1.54, 1.807) is 24.9 Å². The van der Waals surface area contributed by atoms with Gasteiger partial charge in [0.05, 0.1) is 5.69 Å². The number of nitrogens with zero attached hydrogens (tertiary/aromatic N) is 3. The van der Waals surface area contributed by atoms with Crippen LogP contribution in [0, 0.1) is 0 Å². The molecule has 6 heteroatoms. The molecule has 1 fully saturated rings. The number of amides is 3. The molecule has 2 heterocycles. The number of hydrogen-bond donors (Lipinski definition) is 0. The van der Waals surface area contributed by atoms with Gasteiger partial charge >= 0.3 is 6.03 Å². The number of imide groups is 1. The molecule has 0 spiro atoms. The Bertz CT molecular complexity index is 885. The first-order chi connectivity index (χ1) is 12.5. The Kier molecular flexibility index (Phi) is 4.89. The Balaban J connectivity index is 1.92. The van der Waals surface area contributed by atoms with Crippen LogP contribution in [-0.2, 0) is 16.8 Å². The summed E-state index contributed by atoms with van der Waals surface area (Å²) < 4.78 is 0.699. The molecule has 1 aliphatic heterocycles. The molecule has 0 unspecified atom stereocenters. The smallest absolute Gasteiger partial charge is 0.305 e. The minimum atomic E-state index is -0.921. The second-order valence-corrected chi connectivity index (χ2v) is 9.16. The van der Waals surface area contributed by atoms with Crippen LogP contribution >= 0.6 is 15.9 Å². The maximum absolute atomic E-state index is 13.1. The molecule has 0 N–H and O–H groups in total. The third-order valence-corrected chi connectivity index (χ3v) is 5.38. The van der Waals surface area contributed by atoms with Gasteiger partial charge in [-0.15, -0.1) is 0 Å². The molecule has 5 nitrogen and oxygen atoms in total. The zero-order chi connectivity index (χ0) is 20.0. The van der Waals surface area contributed by atoms with E-state index < -0.39 is 5.54 Å². The van der Waals surface area contributed by atoms with E-state index in [1.165, 1.54) is 4.90 Å². The molecule has 0 saturated carbocycles. The normalized spacial score (nSPS) is 17.0. The Hall–Kier alpha value is -2.21. The highest BCUT2D eigenvalue weighted by Crippen LogP contribution is 2.34. The van der Waals surface area contributed by atoms with Crippen molar-refractivity contribution in [2.75, 3.05) is 4.90 Å². The number of carbonyl (C=O) groups excluding carboxylic acids is 2. The van der Waals surface area contributed by atoms with Gasteiger partial charge in [-0.3, -0.25) is 4.79 Å². The Morgan fingerprint density at radius 2 is 1.70 bits per heavy atom. The van der Waals surface area contributed by atoms with Gasteiger partial charge in [0.2, 0.25) is 0 Å². The van der Waals surface area contributed by atoms with Gasteiger partial charge < -0.3 is 4.90 Å². The first-order valence-electron chi connectivity index (χ1n) is 8.89. The van der Waals surface area contributed by atoms with Gasteiger partial charge in [-0.2, -0.15) is 0 Å². The Labute approximate surface area is 168 Å². The summed E-state index contributed by atoms with van der Waals surface area (Å²) in [5, 5.41) is 0. The topological polar surface area (TPSA) is 53.5 Å². The minimum absolute atomic E-state index is 0.0115. The average molecular weight is 430 g/mol. The summed E-state index contributed by atoms with van der Waals surface area (Å²) in [6.45, 7) is 10.3. The molecule has 3 amide bonds. The van der Waals surface area contributed by atoms with Crippen LogP contribution in [-0.4, -0.2) is 27.4 Å². The highest BCUT2D eigenvalue weighted by Gasteiger charge is 2.51. The third-order valence-electron chi connectivity index (χ3n) is 4.95. The number of urea groups is 1. The van der Waals surface area contributed by atoms with Crippen molar-refractivity contribution in [3.63, 3.8) is 0 Å². The summed E-state index contributed by atoms with van der Waals surface area (Å²) in [6, 6.07) is 11.0. The van der Waals surface area contributed by atoms with Gasteiger partial charge in [-0.25, -0.2) is 14.7 Å². The Morgan fingerprint density at radius 3 is 2.26 bits per heavy atom. The molecule has 1 aliphatic rings. The van der Waals surface area contributed by atoms with Crippen LogP contribution in [0.15, 0.2) is 47.2 Å². The van der Waals surface area contributed by atoms with Gasteiger partial charge in [-0.1, -0.05) is 32.9 Å². The fourth-order valence-electron chi connectivity index (χ4n) is 3.16. The summed E-state index contributed by atoms with van der Waals surface area (Å²) in [5.41, 5.74) is 1.76. The van der Waals surface area contributed by atoms with Crippen LogP contribution in [0.25, 0.3) is 0 Å². The van der Waals surface area contributed by atoms with E-state index in [0.717, 1.165) is 11.1 Å². The number of anilines is 1. The predicted octanol–water partition coefficient (Wildman–Crippen LogP) is 4.89. The van der Waals surface area contributed by atoms with Gasteiger partial charge in [0.1, 0.15) is 10.1 Å². The van der Waals surface area contributed by atoms with Crippen LogP contribution in [0.4, 0.5) is 10.5 Å². The number of halogens is 1. The standard InChI is InChI=1S/C21H24BrN3O2/c1-20(2,3)15-6-8-16(9-7-15)25-18(26)21(4,5)24(19(25)27)13-14-10-11-23-17(22)12-14/h6-12H,13H2,1-5H3. The molecular formula is C21H24BrN3O2. The minimum Gasteiger partial charge on any atom is -0.305 e. The lowest BCUT2D eigenvalue weighted by Gasteiger charge is -2.27. The summed E-state index contributed by atoms with van der Waals surface area (Å²) in [4.78, 5) is 33.1. The van der Waals surface area contributed by atoms with E-state index in [9.17, 15) is 9.59 Å². The molecule has 0 radical (unpaired) electrons. The van der Waals surface area contributed by atoms with E-state index in [-0.39, 0.29) is 17.4 Å². The maximum Gasteiger partial charge on any atom is 0.332 e. The van der Waals surface area contributed by atoms with Gasteiger partial charge in [-0.05, 0) is 70.6 Å². The summed E-state index contributed by atoms with van der Waals surface area (Å²) in [5.74, 6) is -0.218. The van der Waals surface area contributed by atoms with Crippen molar-refractivity contribution in [3.05, 3.63) is 58.3 Å². The van der Waals surface area contributed by atoms with Crippen LogP contribution in [0.3, 0.4) is 0 Å². The van der Waals surface area contributed by atoms with E-state index in [0.29, 0.717) is 16.8 Å². The zero-order valence-corrected chi connectivity index (χ0v) is 17.9. The van der Waals surface area contributed by atoms with Crippen molar-refractivity contribution in [1.82, 2.24) is 9.88 Å². The second-order valence-electron chi connectivity index (χ2n) is 8.35. The van der Waals surface area contributed by atoms with E-state index in [2.05, 4.69) is 41.7 Å². The lowest BCUT2D eigenvalue weighted by Crippen LogP contribution is -2.43. The van der Waals surface area contributed by atoms with Crippen molar-refractivity contribution in [1.29, 1.82) is 0 Å². The van der Waals surface area contributed by atoms with Crippen LogP contribution < -0.4 is 4.90 Å². The van der Waals surface area contributed by atoms with Crippen LogP contribution in [0.2, 0.25) is 0 Å². The highest BCUT2D eigenvalue weighted by atomic mass is 79.9. The highest BCUT2D eigenvalue weighted by molar-refractivity contribution is 9.10. The monoisotopic (exact) mass is 429 g/mol. The first kappa shape index (κ1) is 19.5. The van der Waals surface area contributed by atoms with E-state index >= 15 is 0 Å². The summed E-state index contributed by atoms with van der Waals surface area (Å²) >= 11 is 3.35. The van der Waals surface area contributed by atoms with Gasteiger partial charge in [0.15, 0.2) is 0 Å². The van der Waals surface area contributed by atoms with Crippen molar-refractivity contribution in [2.45, 2.75) is 52.1 Å². The quantitative estimate of drug-likeness (QED) is 0.515. The van der Waals surface area contributed by atoms with E-state index in [4.69, 9.17) is 0 Å². The molecule has 2 aromatic rings. The second kappa shape index (κ2) is 6.75. The van der Waals surface area contributed by atoms with Gasteiger partial charge in [0.25, 0.3) is 5.91 Å². The first-order valence-corrected chi connectivity index (χ1v) is 9.68. The molecule has 0 bridgehead atoms. The lowest BCUT2D eigenvalue weighted by atomic mass is 9.87. The van der Waals surface area contributed by atoms with Crippen LogP contribution in [0.1, 0.15) is 45.7 Å². The van der Waals surface area contributed by atoms with Crippen molar-refractivity contribution < 1.29 is 9.59 Å². The fraction of sp³-hybridized carbons (Fsp3) is 0.381. The molecule has 1 aromatic carbocycles. The molecule has 0 aliphatic carbocycles.